The average Bonchev–Trinajstić information content (AvgIpc) is 2.60. The van der Waals surface area contributed by atoms with Crippen LogP contribution in [0.5, 0.6) is 0 Å². The Bertz CT molecular complexity index is 643. The van der Waals surface area contributed by atoms with Gasteiger partial charge in [-0.2, -0.15) is 13.2 Å². The molecule has 128 valence electrons. The molecule has 4 nitrogen and oxygen atoms in total. The maximum Gasteiger partial charge on any atom is 0.417 e. The number of hydrogen-bond acceptors (Lipinski definition) is 4. The van der Waals surface area contributed by atoms with Gasteiger partial charge < -0.3 is 10.2 Å². The SMILES string of the molecule is FC(F)(F)c1ccc(N2CCC[C@@H](NCc3cccnc3)C2)nc1. The highest BCUT2D eigenvalue weighted by atomic mass is 19.4. The van der Waals surface area contributed by atoms with Crippen molar-refractivity contribution in [3.05, 3.63) is 54.0 Å². The Balaban J connectivity index is 1.59. The van der Waals surface area contributed by atoms with E-state index in [2.05, 4.69) is 15.3 Å². The summed E-state index contributed by atoms with van der Waals surface area (Å²) in [4.78, 5) is 10.1. The summed E-state index contributed by atoms with van der Waals surface area (Å²) in [5.74, 6) is 0.593. The Kier molecular flexibility index (Phi) is 4.99. The molecule has 0 radical (unpaired) electrons. The van der Waals surface area contributed by atoms with Gasteiger partial charge in [0.2, 0.25) is 0 Å². The predicted molar refractivity (Wildman–Crippen MR) is 85.6 cm³/mol. The quantitative estimate of drug-likeness (QED) is 0.930. The van der Waals surface area contributed by atoms with E-state index in [0.29, 0.717) is 5.82 Å². The van der Waals surface area contributed by atoms with Crippen molar-refractivity contribution in [2.45, 2.75) is 31.6 Å². The molecule has 1 fully saturated rings. The van der Waals surface area contributed by atoms with Gasteiger partial charge in [-0.3, -0.25) is 4.98 Å². The van der Waals surface area contributed by atoms with Crippen molar-refractivity contribution in [2.24, 2.45) is 0 Å². The van der Waals surface area contributed by atoms with Gasteiger partial charge in [0.05, 0.1) is 5.56 Å². The first-order valence-corrected chi connectivity index (χ1v) is 7.93. The number of piperidine rings is 1. The molecule has 0 saturated carbocycles. The van der Waals surface area contributed by atoms with Crippen LogP contribution in [0.25, 0.3) is 0 Å². The number of alkyl halides is 3. The van der Waals surface area contributed by atoms with Crippen molar-refractivity contribution in [3.8, 4) is 0 Å². The molecule has 0 aliphatic carbocycles. The number of hydrogen-bond donors (Lipinski definition) is 1. The largest absolute Gasteiger partial charge is 0.417 e. The van der Waals surface area contributed by atoms with Crippen molar-refractivity contribution >= 4 is 5.82 Å². The number of nitrogens with one attached hydrogen (secondary N) is 1. The zero-order valence-corrected chi connectivity index (χ0v) is 13.1. The van der Waals surface area contributed by atoms with Crippen LogP contribution in [0.15, 0.2) is 42.9 Å². The molecule has 1 atom stereocenters. The highest BCUT2D eigenvalue weighted by Gasteiger charge is 2.31. The van der Waals surface area contributed by atoms with Crippen LogP contribution < -0.4 is 10.2 Å². The average molecular weight is 336 g/mol. The van der Waals surface area contributed by atoms with Crippen LogP contribution in [0.1, 0.15) is 24.0 Å². The molecule has 0 aromatic carbocycles. The van der Waals surface area contributed by atoms with Gasteiger partial charge in [-0.05, 0) is 36.6 Å². The molecule has 0 amide bonds. The molecule has 1 N–H and O–H groups in total. The lowest BCUT2D eigenvalue weighted by molar-refractivity contribution is -0.137. The lowest BCUT2D eigenvalue weighted by atomic mass is 10.1. The van der Waals surface area contributed by atoms with Gasteiger partial charge in [0, 0.05) is 44.3 Å². The van der Waals surface area contributed by atoms with E-state index in [1.165, 1.54) is 6.07 Å². The Labute approximate surface area is 138 Å². The smallest absolute Gasteiger partial charge is 0.355 e. The van der Waals surface area contributed by atoms with E-state index >= 15 is 0 Å². The second kappa shape index (κ2) is 7.17. The zero-order valence-electron chi connectivity index (χ0n) is 13.1. The van der Waals surface area contributed by atoms with Crippen LogP contribution in [-0.4, -0.2) is 29.1 Å². The van der Waals surface area contributed by atoms with Crippen LogP contribution >= 0.6 is 0 Å². The van der Waals surface area contributed by atoms with Crippen LogP contribution in [0.3, 0.4) is 0 Å². The standard InChI is InChI=1S/C17H19F3N4/c18-17(19,20)14-5-6-16(23-11-14)24-8-2-4-15(12-24)22-10-13-3-1-7-21-9-13/h1,3,5-7,9,11,15,22H,2,4,8,10,12H2/t15-/m1/s1. The maximum absolute atomic E-state index is 12.6. The van der Waals surface area contributed by atoms with Gasteiger partial charge >= 0.3 is 6.18 Å². The first kappa shape index (κ1) is 16.7. The van der Waals surface area contributed by atoms with E-state index in [4.69, 9.17) is 0 Å². The van der Waals surface area contributed by atoms with Gasteiger partial charge in [0.25, 0.3) is 0 Å². The van der Waals surface area contributed by atoms with E-state index in [9.17, 15) is 13.2 Å². The fraction of sp³-hybridized carbons (Fsp3) is 0.412. The predicted octanol–water partition coefficient (Wildman–Crippen LogP) is 3.25. The molecule has 3 heterocycles. The molecule has 1 aliphatic heterocycles. The molecule has 1 saturated heterocycles. The minimum atomic E-state index is -4.35. The minimum Gasteiger partial charge on any atom is -0.355 e. The molecule has 7 heteroatoms. The number of anilines is 1. The highest BCUT2D eigenvalue weighted by Crippen LogP contribution is 2.29. The molecule has 3 rings (SSSR count). The van der Waals surface area contributed by atoms with Crippen molar-refractivity contribution in [1.29, 1.82) is 0 Å². The van der Waals surface area contributed by atoms with E-state index in [-0.39, 0.29) is 6.04 Å². The maximum atomic E-state index is 12.6. The fourth-order valence-electron chi connectivity index (χ4n) is 2.86. The van der Waals surface area contributed by atoms with Crippen molar-refractivity contribution in [2.75, 3.05) is 18.0 Å². The minimum absolute atomic E-state index is 0.281. The summed E-state index contributed by atoms with van der Waals surface area (Å²) in [6, 6.07) is 6.73. The first-order chi connectivity index (χ1) is 11.5. The van der Waals surface area contributed by atoms with Crippen molar-refractivity contribution in [3.63, 3.8) is 0 Å². The van der Waals surface area contributed by atoms with Crippen LogP contribution in [0.2, 0.25) is 0 Å². The van der Waals surface area contributed by atoms with Gasteiger partial charge in [0.1, 0.15) is 5.82 Å². The second-order valence-corrected chi connectivity index (χ2v) is 5.93. The summed E-state index contributed by atoms with van der Waals surface area (Å²) < 4.78 is 37.9. The van der Waals surface area contributed by atoms with Gasteiger partial charge in [-0.1, -0.05) is 6.07 Å². The first-order valence-electron chi connectivity index (χ1n) is 7.93. The summed E-state index contributed by atoms with van der Waals surface area (Å²) >= 11 is 0. The molecular formula is C17H19F3N4. The van der Waals surface area contributed by atoms with E-state index < -0.39 is 11.7 Å². The number of halogens is 3. The molecule has 2 aromatic heterocycles. The Morgan fingerprint density at radius 1 is 1.21 bits per heavy atom. The normalized spacial score (nSPS) is 18.6. The summed E-state index contributed by atoms with van der Waals surface area (Å²) in [5.41, 5.74) is 0.400. The summed E-state index contributed by atoms with van der Waals surface area (Å²) in [7, 11) is 0. The Morgan fingerprint density at radius 3 is 2.75 bits per heavy atom. The third kappa shape index (κ3) is 4.23. The molecule has 0 spiro atoms. The topological polar surface area (TPSA) is 41.0 Å². The summed E-state index contributed by atoms with van der Waals surface area (Å²) in [6.07, 6.45) is 2.14. The molecule has 2 aromatic rings. The van der Waals surface area contributed by atoms with E-state index in [0.717, 1.165) is 50.3 Å². The molecule has 1 aliphatic rings. The summed E-state index contributed by atoms with van der Waals surface area (Å²) in [5, 5.41) is 3.48. The monoisotopic (exact) mass is 336 g/mol. The van der Waals surface area contributed by atoms with Gasteiger partial charge in [-0.25, -0.2) is 4.98 Å². The molecule has 24 heavy (non-hydrogen) atoms. The van der Waals surface area contributed by atoms with Gasteiger partial charge in [0.15, 0.2) is 0 Å². The molecular weight excluding hydrogens is 317 g/mol. The van der Waals surface area contributed by atoms with E-state index in [1.54, 1.807) is 6.20 Å². The summed E-state index contributed by atoms with van der Waals surface area (Å²) in [6.45, 7) is 2.27. The third-order valence-corrected chi connectivity index (χ3v) is 4.14. The second-order valence-electron chi connectivity index (χ2n) is 5.93. The highest BCUT2D eigenvalue weighted by molar-refractivity contribution is 5.40. The van der Waals surface area contributed by atoms with E-state index in [1.807, 2.05) is 23.2 Å². The Hall–Kier alpha value is -2.15. The van der Waals surface area contributed by atoms with Gasteiger partial charge in [-0.15, -0.1) is 0 Å². The number of pyridine rings is 2. The van der Waals surface area contributed by atoms with Crippen LogP contribution in [0.4, 0.5) is 19.0 Å². The fourth-order valence-corrected chi connectivity index (χ4v) is 2.86. The molecule has 0 bridgehead atoms. The lowest BCUT2D eigenvalue weighted by Gasteiger charge is -2.34. The van der Waals surface area contributed by atoms with Crippen LogP contribution in [0, 0.1) is 0 Å². The lowest BCUT2D eigenvalue weighted by Crippen LogP contribution is -2.45. The number of nitrogens with zero attached hydrogens (tertiary/aromatic N) is 3. The van der Waals surface area contributed by atoms with Crippen molar-refractivity contribution in [1.82, 2.24) is 15.3 Å². The number of rotatable bonds is 4. The van der Waals surface area contributed by atoms with Crippen molar-refractivity contribution < 1.29 is 13.2 Å². The Morgan fingerprint density at radius 2 is 2.08 bits per heavy atom. The third-order valence-electron chi connectivity index (χ3n) is 4.14. The zero-order chi connectivity index (χ0) is 17.0. The molecule has 0 unspecified atom stereocenters. The number of aromatic nitrogens is 2. The van der Waals surface area contributed by atoms with Crippen LogP contribution in [-0.2, 0) is 12.7 Å².